The molecular weight excluding hydrogens is 344 g/mol. The summed E-state index contributed by atoms with van der Waals surface area (Å²) in [5.41, 5.74) is 3.52. The predicted octanol–water partition coefficient (Wildman–Crippen LogP) is 3.01. The zero-order valence-electron chi connectivity index (χ0n) is 15.2. The summed E-state index contributed by atoms with van der Waals surface area (Å²) in [5, 5.41) is 9.39. The number of amides is 1. The standard InChI is InChI=1S/C21H22N2O4/c1-13-18(21(25)26)3-2-7-23(13)20(24)17-10-16(11-22-12-17)14-4-5-19-15(9-14)6-8-27-19/h4-5,9-13,18H,2-3,6-8H2,1H3,(H,25,26)/t13-,18-/m1/s1. The Morgan fingerprint density at radius 1 is 1.22 bits per heavy atom. The minimum atomic E-state index is -0.841. The van der Waals surface area contributed by atoms with E-state index in [9.17, 15) is 14.7 Å². The predicted molar refractivity (Wildman–Crippen MR) is 99.7 cm³/mol. The van der Waals surface area contributed by atoms with E-state index < -0.39 is 11.9 Å². The van der Waals surface area contributed by atoms with Crippen LogP contribution in [0, 0.1) is 5.92 Å². The van der Waals surface area contributed by atoms with Gasteiger partial charge in [-0.25, -0.2) is 0 Å². The van der Waals surface area contributed by atoms with E-state index in [2.05, 4.69) is 11.1 Å². The van der Waals surface area contributed by atoms with Crippen molar-refractivity contribution in [2.75, 3.05) is 13.2 Å². The number of carbonyl (C=O) groups is 2. The lowest BCUT2D eigenvalue weighted by molar-refractivity contribution is -0.144. The smallest absolute Gasteiger partial charge is 0.308 e. The van der Waals surface area contributed by atoms with Crippen LogP contribution in [-0.4, -0.2) is 46.1 Å². The summed E-state index contributed by atoms with van der Waals surface area (Å²) in [4.78, 5) is 30.4. The maximum absolute atomic E-state index is 13.0. The first kappa shape index (κ1) is 17.5. The normalized spacial score (nSPS) is 21.4. The number of carbonyl (C=O) groups excluding carboxylic acids is 1. The zero-order valence-corrected chi connectivity index (χ0v) is 15.2. The Balaban J connectivity index is 1.60. The molecule has 2 atom stereocenters. The third kappa shape index (κ3) is 3.27. The first-order valence-electron chi connectivity index (χ1n) is 9.29. The lowest BCUT2D eigenvalue weighted by atomic mass is 9.90. The Bertz CT molecular complexity index is 896. The number of fused-ring (bicyclic) bond motifs is 1. The number of aromatic nitrogens is 1. The second-order valence-corrected chi connectivity index (χ2v) is 7.21. The molecule has 27 heavy (non-hydrogen) atoms. The minimum Gasteiger partial charge on any atom is -0.493 e. The van der Waals surface area contributed by atoms with Gasteiger partial charge in [-0.2, -0.15) is 0 Å². The van der Waals surface area contributed by atoms with Crippen LogP contribution < -0.4 is 4.74 Å². The maximum Gasteiger partial charge on any atom is 0.308 e. The fourth-order valence-corrected chi connectivity index (χ4v) is 4.01. The lowest BCUT2D eigenvalue weighted by Gasteiger charge is -2.37. The highest BCUT2D eigenvalue weighted by Crippen LogP contribution is 2.31. The molecule has 1 amide bonds. The highest BCUT2D eigenvalue weighted by molar-refractivity contribution is 5.95. The molecule has 2 aliphatic rings. The molecular formula is C21H22N2O4. The van der Waals surface area contributed by atoms with E-state index in [-0.39, 0.29) is 11.9 Å². The van der Waals surface area contributed by atoms with E-state index in [4.69, 9.17) is 4.74 Å². The monoisotopic (exact) mass is 366 g/mol. The molecule has 1 N–H and O–H groups in total. The molecule has 2 aromatic rings. The second-order valence-electron chi connectivity index (χ2n) is 7.21. The Hall–Kier alpha value is -2.89. The van der Waals surface area contributed by atoms with E-state index in [1.807, 2.05) is 25.1 Å². The van der Waals surface area contributed by atoms with Crippen molar-refractivity contribution >= 4 is 11.9 Å². The molecule has 0 bridgehead atoms. The van der Waals surface area contributed by atoms with Crippen LogP contribution in [-0.2, 0) is 11.2 Å². The number of pyridine rings is 1. The quantitative estimate of drug-likeness (QED) is 0.903. The average molecular weight is 366 g/mol. The third-order valence-corrected chi connectivity index (χ3v) is 5.57. The topological polar surface area (TPSA) is 79.7 Å². The van der Waals surface area contributed by atoms with Crippen molar-refractivity contribution in [3.63, 3.8) is 0 Å². The number of benzene rings is 1. The number of likely N-dealkylation sites (tertiary alicyclic amines) is 1. The van der Waals surface area contributed by atoms with Crippen LogP contribution in [0.25, 0.3) is 11.1 Å². The highest BCUT2D eigenvalue weighted by atomic mass is 16.5. The molecule has 0 spiro atoms. The molecule has 0 radical (unpaired) electrons. The SMILES string of the molecule is C[C@@H]1[C@H](C(=O)O)CCCN1C(=O)c1cncc(-c2ccc3c(c2)CCO3)c1. The van der Waals surface area contributed by atoms with Gasteiger partial charge in [0.15, 0.2) is 0 Å². The Kier molecular flexibility index (Phi) is 4.56. The van der Waals surface area contributed by atoms with E-state index in [0.29, 0.717) is 31.6 Å². The van der Waals surface area contributed by atoms with Gasteiger partial charge in [0.2, 0.25) is 0 Å². The molecule has 6 nitrogen and oxygen atoms in total. The van der Waals surface area contributed by atoms with Gasteiger partial charge in [-0.1, -0.05) is 6.07 Å². The van der Waals surface area contributed by atoms with Crippen LogP contribution in [0.3, 0.4) is 0 Å². The van der Waals surface area contributed by atoms with Crippen molar-refractivity contribution in [3.8, 4) is 16.9 Å². The molecule has 1 aromatic carbocycles. The molecule has 0 unspecified atom stereocenters. The number of nitrogens with zero attached hydrogens (tertiary/aromatic N) is 2. The molecule has 1 aromatic heterocycles. The summed E-state index contributed by atoms with van der Waals surface area (Å²) in [5.74, 6) is -0.601. The van der Waals surface area contributed by atoms with Crippen LogP contribution in [0.5, 0.6) is 5.75 Å². The van der Waals surface area contributed by atoms with Crippen molar-refractivity contribution in [2.45, 2.75) is 32.2 Å². The van der Waals surface area contributed by atoms with Crippen LogP contribution in [0.1, 0.15) is 35.7 Å². The maximum atomic E-state index is 13.0. The molecule has 2 aliphatic heterocycles. The van der Waals surface area contributed by atoms with Gasteiger partial charge in [0.05, 0.1) is 18.1 Å². The van der Waals surface area contributed by atoms with Crippen molar-refractivity contribution in [1.29, 1.82) is 0 Å². The first-order valence-corrected chi connectivity index (χ1v) is 9.29. The Morgan fingerprint density at radius 2 is 2.07 bits per heavy atom. The van der Waals surface area contributed by atoms with Gasteiger partial charge in [0.1, 0.15) is 5.75 Å². The minimum absolute atomic E-state index is 0.160. The van der Waals surface area contributed by atoms with E-state index in [0.717, 1.165) is 28.9 Å². The molecule has 140 valence electrons. The van der Waals surface area contributed by atoms with Crippen LogP contribution in [0.15, 0.2) is 36.7 Å². The number of ether oxygens (including phenoxy) is 1. The summed E-state index contributed by atoms with van der Waals surface area (Å²) in [6.45, 7) is 3.09. The van der Waals surface area contributed by atoms with E-state index in [1.165, 1.54) is 0 Å². The summed E-state index contributed by atoms with van der Waals surface area (Å²) >= 11 is 0. The number of piperidine rings is 1. The van der Waals surface area contributed by atoms with Crippen molar-refractivity contribution in [2.24, 2.45) is 5.92 Å². The molecule has 1 fully saturated rings. The van der Waals surface area contributed by atoms with E-state index >= 15 is 0 Å². The highest BCUT2D eigenvalue weighted by Gasteiger charge is 2.35. The third-order valence-electron chi connectivity index (χ3n) is 5.57. The molecule has 3 heterocycles. The lowest BCUT2D eigenvalue weighted by Crippen LogP contribution is -2.49. The molecule has 4 rings (SSSR count). The summed E-state index contributed by atoms with van der Waals surface area (Å²) in [7, 11) is 0. The van der Waals surface area contributed by atoms with Gasteiger partial charge in [-0.3, -0.25) is 14.6 Å². The number of carboxylic acids is 1. The fraction of sp³-hybridized carbons (Fsp3) is 0.381. The van der Waals surface area contributed by atoms with Gasteiger partial charge in [-0.15, -0.1) is 0 Å². The summed E-state index contributed by atoms with van der Waals surface area (Å²) in [6, 6.07) is 7.52. The molecule has 6 heteroatoms. The average Bonchev–Trinajstić information content (AvgIpc) is 3.15. The van der Waals surface area contributed by atoms with Crippen LogP contribution >= 0.6 is 0 Å². The molecule has 1 saturated heterocycles. The van der Waals surface area contributed by atoms with Gasteiger partial charge in [0, 0.05) is 37.0 Å². The van der Waals surface area contributed by atoms with Gasteiger partial charge >= 0.3 is 5.97 Å². The number of hydrogen-bond acceptors (Lipinski definition) is 4. The number of rotatable bonds is 3. The number of carboxylic acid groups (broad SMARTS) is 1. The zero-order chi connectivity index (χ0) is 19.0. The number of aliphatic carboxylic acids is 1. The van der Waals surface area contributed by atoms with Gasteiger partial charge in [0.25, 0.3) is 5.91 Å². The van der Waals surface area contributed by atoms with E-state index in [1.54, 1.807) is 17.3 Å². The molecule has 0 aliphatic carbocycles. The number of hydrogen-bond donors (Lipinski definition) is 1. The van der Waals surface area contributed by atoms with Crippen molar-refractivity contribution in [1.82, 2.24) is 9.88 Å². The van der Waals surface area contributed by atoms with Crippen molar-refractivity contribution < 1.29 is 19.4 Å². The van der Waals surface area contributed by atoms with Gasteiger partial charge < -0.3 is 14.7 Å². The largest absolute Gasteiger partial charge is 0.493 e. The first-order chi connectivity index (χ1) is 13.0. The summed E-state index contributed by atoms with van der Waals surface area (Å²) in [6.07, 6.45) is 5.49. The Morgan fingerprint density at radius 3 is 2.89 bits per heavy atom. The Labute approximate surface area is 157 Å². The van der Waals surface area contributed by atoms with Gasteiger partial charge in [-0.05, 0) is 49.1 Å². The molecule has 0 saturated carbocycles. The summed E-state index contributed by atoms with van der Waals surface area (Å²) < 4.78 is 5.55. The van der Waals surface area contributed by atoms with Crippen LogP contribution in [0.2, 0.25) is 0 Å². The second kappa shape index (κ2) is 7.02. The fourth-order valence-electron chi connectivity index (χ4n) is 4.01. The van der Waals surface area contributed by atoms with Crippen molar-refractivity contribution in [3.05, 3.63) is 47.8 Å². The van der Waals surface area contributed by atoms with Crippen LogP contribution in [0.4, 0.5) is 0 Å².